The molecule has 1 aromatic carbocycles. The van der Waals surface area contributed by atoms with Crippen LogP contribution in [-0.4, -0.2) is 34.7 Å². The van der Waals surface area contributed by atoms with Crippen molar-refractivity contribution < 1.29 is 18.3 Å². The van der Waals surface area contributed by atoms with E-state index in [4.69, 9.17) is 0 Å². The third kappa shape index (κ3) is 4.03. The van der Waals surface area contributed by atoms with E-state index in [0.29, 0.717) is 10.1 Å². The summed E-state index contributed by atoms with van der Waals surface area (Å²) in [5.74, 6) is -1.38. The first-order valence-electron chi connectivity index (χ1n) is 7.19. The molecule has 0 amide bonds. The number of carbonyl (C=O) groups is 1. The minimum atomic E-state index is -4.44. The molecule has 0 aliphatic heterocycles. The summed E-state index contributed by atoms with van der Waals surface area (Å²) in [5.41, 5.74) is -1.10. The second-order valence-corrected chi connectivity index (χ2v) is 7.14. The highest BCUT2D eigenvalue weighted by molar-refractivity contribution is 7.89. The van der Waals surface area contributed by atoms with E-state index in [-0.39, 0.29) is 6.42 Å². The molecule has 1 atom stereocenters. The number of aromatic nitrogens is 2. The summed E-state index contributed by atoms with van der Waals surface area (Å²) in [4.78, 5) is 34.5. The van der Waals surface area contributed by atoms with Crippen molar-refractivity contribution in [3.05, 3.63) is 62.9 Å². The number of benzene rings is 1. The van der Waals surface area contributed by atoms with Crippen LogP contribution in [0.25, 0.3) is 0 Å². The molecule has 2 N–H and O–H groups in total. The molecule has 25 heavy (non-hydrogen) atoms. The van der Waals surface area contributed by atoms with Crippen LogP contribution in [0.5, 0.6) is 0 Å². The van der Waals surface area contributed by atoms with Crippen molar-refractivity contribution in [2.45, 2.75) is 17.4 Å². The number of carboxylic acids is 1. The predicted molar refractivity (Wildman–Crippen MR) is 88.8 cm³/mol. The molecule has 1 aromatic heterocycles. The Hall–Kier alpha value is -2.72. The molecule has 2 rings (SSSR count). The van der Waals surface area contributed by atoms with Crippen molar-refractivity contribution in [1.82, 2.24) is 13.9 Å². The maximum Gasteiger partial charge on any atom is 0.330 e. The van der Waals surface area contributed by atoms with Gasteiger partial charge >= 0.3 is 11.7 Å². The van der Waals surface area contributed by atoms with Crippen molar-refractivity contribution in [1.29, 1.82) is 0 Å². The first-order valence-corrected chi connectivity index (χ1v) is 8.67. The van der Waals surface area contributed by atoms with E-state index in [1.807, 2.05) is 4.72 Å². The molecule has 9 nitrogen and oxygen atoms in total. The van der Waals surface area contributed by atoms with Crippen LogP contribution in [0.15, 0.2) is 51.0 Å². The van der Waals surface area contributed by atoms with Crippen molar-refractivity contribution in [3.63, 3.8) is 0 Å². The summed E-state index contributed by atoms with van der Waals surface area (Å²) in [7, 11) is -2.01. The number of aryl methyl sites for hydroxylation is 1. The van der Waals surface area contributed by atoms with Crippen LogP contribution in [-0.2, 0) is 35.3 Å². The number of hydrogen-bond acceptors (Lipinski definition) is 5. The van der Waals surface area contributed by atoms with Gasteiger partial charge in [0.15, 0.2) is 4.90 Å². The van der Waals surface area contributed by atoms with E-state index in [1.165, 1.54) is 7.05 Å². The van der Waals surface area contributed by atoms with Crippen LogP contribution >= 0.6 is 0 Å². The molecular weight excluding hydrogens is 350 g/mol. The Bertz CT molecular complexity index is 1010. The molecule has 0 saturated carbocycles. The zero-order valence-electron chi connectivity index (χ0n) is 13.5. The average Bonchev–Trinajstić information content (AvgIpc) is 2.56. The SMILES string of the molecule is Cn1cc(S(=O)(=O)N[C@H](Cc2ccccc2)C(=O)O)c(=O)n(C)c1=O. The lowest BCUT2D eigenvalue weighted by molar-refractivity contribution is -0.138. The third-order valence-electron chi connectivity index (χ3n) is 3.58. The van der Waals surface area contributed by atoms with E-state index in [2.05, 4.69) is 0 Å². The van der Waals surface area contributed by atoms with Gasteiger partial charge in [0.2, 0.25) is 10.0 Å². The minimum Gasteiger partial charge on any atom is -0.480 e. The number of nitrogens with one attached hydrogen (secondary N) is 1. The van der Waals surface area contributed by atoms with Gasteiger partial charge in [0, 0.05) is 20.3 Å². The number of nitrogens with zero attached hydrogens (tertiary/aromatic N) is 2. The standard InChI is InChI=1S/C15H17N3O6S/c1-17-9-12(13(19)18(2)15(17)22)25(23,24)16-11(14(20)21)8-10-6-4-3-5-7-10/h3-7,9,11,16H,8H2,1-2H3,(H,20,21)/t11-/m1/s1. The number of sulfonamides is 1. The normalized spacial score (nSPS) is 12.7. The largest absolute Gasteiger partial charge is 0.480 e. The molecule has 0 saturated heterocycles. The maximum absolute atomic E-state index is 12.5. The summed E-state index contributed by atoms with van der Waals surface area (Å²) in [6.07, 6.45) is 0.774. The van der Waals surface area contributed by atoms with E-state index in [1.54, 1.807) is 30.3 Å². The van der Waals surface area contributed by atoms with Gasteiger partial charge in [-0.05, 0) is 12.0 Å². The predicted octanol–water partition coefficient (Wildman–Crippen LogP) is -0.942. The lowest BCUT2D eigenvalue weighted by Crippen LogP contribution is -2.46. The van der Waals surface area contributed by atoms with Crippen LogP contribution in [0.3, 0.4) is 0 Å². The maximum atomic E-state index is 12.5. The van der Waals surface area contributed by atoms with Gasteiger partial charge in [0.05, 0.1) is 0 Å². The lowest BCUT2D eigenvalue weighted by atomic mass is 10.1. The summed E-state index contributed by atoms with van der Waals surface area (Å²) >= 11 is 0. The lowest BCUT2D eigenvalue weighted by Gasteiger charge is -2.15. The van der Waals surface area contributed by atoms with Gasteiger partial charge in [0.1, 0.15) is 6.04 Å². The second-order valence-electron chi connectivity index (χ2n) is 5.45. The highest BCUT2D eigenvalue weighted by Crippen LogP contribution is 2.07. The molecule has 134 valence electrons. The Labute approximate surface area is 143 Å². The van der Waals surface area contributed by atoms with Gasteiger partial charge in [-0.25, -0.2) is 13.2 Å². The van der Waals surface area contributed by atoms with Gasteiger partial charge in [-0.3, -0.25) is 14.2 Å². The van der Waals surface area contributed by atoms with Gasteiger partial charge in [0.25, 0.3) is 5.56 Å². The monoisotopic (exact) mass is 367 g/mol. The van der Waals surface area contributed by atoms with E-state index < -0.39 is 38.2 Å². The van der Waals surface area contributed by atoms with Crippen LogP contribution < -0.4 is 16.0 Å². The molecular formula is C15H17N3O6S. The quantitative estimate of drug-likeness (QED) is 0.678. The van der Waals surface area contributed by atoms with Crippen LogP contribution in [0, 0.1) is 0 Å². The Morgan fingerprint density at radius 1 is 1.20 bits per heavy atom. The fraction of sp³-hybridized carbons (Fsp3) is 0.267. The summed E-state index contributed by atoms with van der Waals surface area (Å²) < 4.78 is 28.5. The molecule has 0 radical (unpaired) electrons. The van der Waals surface area contributed by atoms with Crippen molar-refractivity contribution in [3.8, 4) is 0 Å². The highest BCUT2D eigenvalue weighted by Gasteiger charge is 2.28. The van der Waals surface area contributed by atoms with E-state index in [0.717, 1.165) is 17.8 Å². The Balaban J connectivity index is 2.41. The number of hydrogen-bond donors (Lipinski definition) is 2. The fourth-order valence-electron chi connectivity index (χ4n) is 2.24. The number of carboxylic acid groups (broad SMARTS) is 1. The molecule has 1 heterocycles. The minimum absolute atomic E-state index is 0.0958. The Morgan fingerprint density at radius 3 is 2.36 bits per heavy atom. The summed E-state index contributed by atoms with van der Waals surface area (Å²) in [6.45, 7) is 0. The molecule has 0 bridgehead atoms. The highest BCUT2D eigenvalue weighted by atomic mass is 32.2. The first-order chi connectivity index (χ1) is 11.6. The van der Waals surface area contributed by atoms with Gasteiger partial charge < -0.3 is 9.67 Å². The fourth-order valence-corrected chi connectivity index (χ4v) is 3.59. The Morgan fingerprint density at radius 2 is 1.80 bits per heavy atom. The van der Waals surface area contributed by atoms with Crippen LogP contribution in [0.2, 0.25) is 0 Å². The van der Waals surface area contributed by atoms with Crippen LogP contribution in [0.4, 0.5) is 0 Å². The Kier molecular flexibility index (Phi) is 5.24. The zero-order chi connectivity index (χ0) is 18.8. The molecule has 0 aliphatic rings. The van der Waals surface area contributed by atoms with Crippen molar-refractivity contribution in [2.75, 3.05) is 0 Å². The molecule has 2 aromatic rings. The third-order valence-corrected chi connectivity index (χ3v) is 5.04. The zero-order valence-corrected chi connectivity index (χ0v) is 14.4. The second kappa shape index (κ2) is 7.03. The molecule has 0 unspecified atom stereocenters. The average molecular weight is 367 g/mol. The van der Waals surface area contributed by atoms with Crippen molar-refractivity contribution in [2.24, 2.45) is 14.1 Å². The summed E-state index contributed by atoms with van der Waals surface area (Å²) in [6, 6.07) is 7.01. The molecule has 0 spiro atoms. The van der Waals surface area contributed by atoms with E-state index >= 15 is 0 Å². The van der Waals surface area contributed by atoms with Crippen LogP contribution in [0.1, 0.15) is 5.56 Å². The van der Waals surface area contributed by atoms with Gasteiger partial charge in [-0.1, -0.05) is 30.3 Å². The van der Waals surface area contributed by atoms with Crippen molar-refractivity contribution >= 4 is 16.0 Å². The first kappa shape index (κ1) is 18.6. The molecule has 10 heteroatoms. The van der Waals surface area contributed by atoms with E-state index in [9.17, 15) is 27.9 Å². The molecule has 0 fully saturated rings. The number of aliphatic carboxylic acids is 1. The summed E-state index contributed by atoms with van der Waals surface area (Å²) in [5, 5.41) is 9.30. The molecule has 0 aliphatic carbocycles. The van der Waals surface area contributed by atoms with Gasteiger partial charge in [-0.2, -0.15) is 4.72 Å². The van der Waals surface area contributed by atoms with Gasteiger partial charge in [-0.15, -0.1) is 0 Å². The number of rotatable bonds is 6. The smallest absolute Gasteiger partial charge is 0.330 e. The topological polar surface area (TPSA) is 127 Å².